The van der Waals surface area contributed by atoms with Crippen LogP contribution in [0.5, 0.6) is 0 Å². The van der Waals surface area contributed by atoms with Crippen LogP contribution in [0.2, 0.25) is 0 Å². The van der Waals surface area contributed by atoms with Crippen molar-refractivity contribution in [1.29, 1.82) is 0 Å². The average Bonchev–Trinajstić information content (AvgIpc) is 2.45. The van der Waals surface area contributed by atoms with Crippen molar-refractivity contribution >= 4 is 12.0 Å². The Morgan fingerprint density at radius 3 is 2.55 bits per heavy atom. The summed E-state index contributed by atoms with van der Waals surface area (Å²) in [6.07, 6.45) is 3.67. The molecule has 0 radical (unpaired) electrons. The molecule has 114 valence electrons. The summed E-state index contributed by atoms with van der Waals surface area (Å²) < 4.78 is 5.33. The quantitative estimate of drug-likeness (QED) is 0.832. The molecule has 3 unspecified atom stereocenters. The van der Waals surface area contributed by atoms with E-state index in [2.05, 4.69) is 0 Å². The fraction of sp³-hybridized carbons (Fsp3) is 0.857. The molecule has 0 bridgehead atoms. The molecule has 2 rings (SSSR count). The molecule has 2 fully saturated rings. The predicted molar refractivity (Wildman–Crippen MR) is 73.5 cm³/mol. The molecule has 3 atom stereocenters. The van der Waals surface area contributed by atoms with Gasteiger partial charge in [0.05, 0.1) is 6.10 Å². The molecule has 0 aromatic carbocycles. The average molecular weight is 284 g/mol. The lowest BCUT2D eigenvalue weighted by Crippen LogP contribution is -2.57. The first-order valence-electron chi connectivity index (χ1n) is 7.35. The van der Waals surface area contributed by atoms with E-state index in [0.29, 0.717) is 19.6 Å². The number of carbonyl (C=O) groups excluding carboxylic acids is 1. The van der Waals surface area contributed by atoms with E-state index in [1.165, 1.54) is 4.90 Å². The minimum absolute atomic E-state index is 0.00760. The number of carboxylic acid groups (broad SMARTS) is 1. The largest absolute Gasteiger partial charge is 0.480 e. The third-order valence-electron chi connectivity index (χ3n) is 4.41. The van der Waals surface area contributed by atoms with Crippen LogP contribution in [0.4, 0.5) is 4.79 Å². The Morgan fingerprint density at radius 2 is 1.90 bits per heavy atom. The highest BCUT2D eigenvalue weighted by Gasteiger charge is 2.39. The molecular weight excluding hydrogens is 260 g/mol. The van der Waals surface area contributed by atoms with E-state index in [1.807, 2.05) is 6.92 Å². The van der Waals surface area contributed by atoms with Gasteiger partial charge < -0.3 is 19.6 Å². The van der Waals surface area contributed by atoms with Crippen LogP contribution in [-0.4, -0.2) is 65.8 Å². The summed E-state index contributed by atoms with van der Waals surface area (Å²) in [5.41, 5.74) is 0. The molecule has 0 aliphatic carbocycles. The number of aliphatic carboxylic acids is 1. The van der Waals surface area contributed by atoms with Gasteiger partial charge in [0.1, 0.15) is 6.04 Å². The highest BCUT2D eigenvalue weighted by Crippen LogP contribution is 2.25. The van der Waals surface area contributed by atoms with E-state index in [-0.39, 0.29) is 18.1 Å². The van der Waals surface area contributed by atoms with E-state index in [4.69, 9.17) is 4.74 Å². The van der Waals surface area contributed by atoms with Gasteiger partial charge in [0.15, 0.2) is 0 Å². The van der Waals surface area contributed by atoms with Crippen LogP contribution in [0.1, 0.15) is 32.6 Å². The number of amides is 2. The number of methoxy groups -OCH3 is 1. The Balaban J connectivity index is 2.07. The fourth-order valence-corrected chi connectivity index (χ4v) is 3.27. The summed E-state index contributed by atoms with van der Waals surface area (Å²) in [6.45, 7) is 3.70. The van der Waals surface area contributed by atoms with E-state index in [0.717, 1.165) is 25.7 Å². The predicted octanol–water partition coefficient (Wildman–Crippen LogP) is 1.40. The normalized spacial score (nSPS) is 31.2. The van der Waals surface area contributed by atoms with Gasteiger partial charge in [0, 0.05) is 26.7 Å². The Kier molecular flexibility index (Phi) is 4.86. The molecule has 2 saturated heterocycles. The van der Waals surface area contributed by atoms with Gasteiger partial charge in [0.2, 0.25) is 0 Å². The van der Waals surface area contributed by atoms with Gasteiger partial charge in [-0.3, -0.25) is 0 Å². The van der Waals surface area contributed by atoms with Crippen LogP contribution in [0, 0.1) is 5.92 Å². The number of hydrogen-bond acceptors (Lipinski definition) is 3. The summed E-state index contributed by atoms with van der Waals surface area (Å²) in [7, 11) is 1.65. The van der Waals surface area contributed by atoms with Crippen LogP contribution in [0.3, 0.4) is 0 Å². The SMILES string of the molecule is COC1CCCN(C(=O)N2CCCC(C)C2C(=O)O)C1. The second kappa shape index (κ2) is 6.43. The van der Waals surface area contributed by atoms with Crippen molar-refractivity contribution in [2.75, 3.05) is 26.7 Å². The summed E-state index contributed by atoms with van der Waals surface area (Å²) in [5.74, 6) is -0.890. The van der Waals surface area contributed by atoms with Crippen LogP contribution in [-0.2, 0) is 9.53 Å². The molecule has 2 heterocycles. The fourth-order valence-electron chi connectivity index (χ4n) is 3.27. The van der Waals surface area contributed by atoms with Gasteiger partial charge in [-0.15, -0.1) is 0 Å². The number of likely N-dealkylation sites (tertiary alicyclic amines) is 2. The summed E-state index contributed by atoms with van der Waals surface area (Å²) in [5, 5.41) is 9.39. The first-order valence-corrected chi connectivity index (χ1v) is 7.35. The molecule has 0 spiro atoms. The molecule has 0 aromatic heterocycles. The Bertz CT molecular complexity index is 374. The molecule has 1 N–H and O–H groups in total. The first-order chi connectivity index (χ1) is 9.54. The van der Waals surface area contributed by atoms with Crippen molar-refractivity contribution in [3.63, 3.8) is 0 Å². The Labute approximate surface area is 119 Å². The van der Waals surface area contributed by atoms with Gasteiger partial charge in [-0.25, -0.2) is 9.59 Å². The standard InChI is InChI=1S/C14H24N2O4/c1-10-5-3-8-16(12(10)13(17)18)14(19)15-7-4-6-11(9-15)20-2/h10-12H,3-9H2,1-2H3,(H,17,18). The summed E-state index contributed by atoms with van der Waals surface area (Å²) in [4.78, 5) is 27.3. The number of piperidine rings is 2. The summed E-state index contributed by atoms with van der Waals surface area (Å²) in [6, 6.07) is -0.843. The molecule has 20 heavy (non-hydrogen) atoms. The van der Waals surface area contributed by atoms with E-state index in [1.54, 1.807) is 12.0 Å². The van der Waals surface area contributed by atoms with Crippen molar-refractivity contribution in [2.24, 2.45) is 5.92 Å². The molecule has 2 amide bonds. The van der Waals surface area contributed by atoms with Gasteiger partial charge in [-0.05, 0) is 31.6 Å². The van der Waals surface area contributed by atoms with E-state index >= 15 is 0 Å². The lowest BCUT2D eigenvalue weighted by atomic mass is 9.91. The second-order valence-corrected chi connectivity index (χ2v) is 5.82. The molecular formula is C14H24N2O4. The van der Waals surface area contributed by atoms with Crippen LogP contribution >= 0.6 is 0 Å². The number of rotatable bonds is 2. The number of urea groups is 1. The van der Waals surface area contributed by atoms with Gasteiger partial charge in [-0.2, -0.15) is 0 Å². The zero-order chi connectivity index (χ0) is 14.7. The maximum atomic E-state index is 12.6. The lowest BCUT2D eigenvalue weighted by Gasteiger charge is -2.42. The highest BCUT2D eigenvalue weighted by atomic mass is 16.5. The zero-order valence-corrected chi connectivity index (χ0v) is 12.2. The molecule has 2 aliphatic rings. The number of nitrogens with zero attached hydrogens (tertiary/aromatic N) is 2. The van der Waals surface area contributed by atoms with Crippen LogP contribution in [0.25, 0.3) is 0 Å². The lowest BCUT2D eigenvalue weighted by molar-refractivity contribution is -0.145. The maximum Gasteiger partial charge on any atom is 0.326 e. The zero-order valence-electron chi connectivity index (χ0n) is 12.2. The smallest absolute Gasteiger partial charge is 0.326 e. The van der Waals surface area contributed by atoms with Gasteiger partial charge in [0.25, 0.3) is 0 Å². The van der Waals surface area contributed by atoms with Crippen molar-refractivity contribution < 1.29 is 19.4 Å². The first kappa shape index (κ1) is 15.1. The number of carboxylic acids is 1. The monoisotopic (exact) mass is 284 g/mol. The molecule has 2 aliphatic heterocycles. The third-order valence-corrected chi connectivity index (χ3v) is 4.41. The van der Waals surface area contributed by atoms with Gasteiger partial charge in [-0.1, -0.05) is 6.92 Å². The minimum Gasteiger partial charge on any atom is -0.480 e. The van der Waals surface area contributed by atoms with Crippen LogP contribution < -0.4 is 0 Å². The minimum atomic E-state index is -0.897. The maximum absolute atomic E-state index is 12.6. The molecule has 0 aromatic rings. The number of hydrogen-bond donors (Lipinski definition) is 1. The molecule has 6 nitrogen and oxygen atoms in total. The van der Waals surface area contributed by atoms with Crippen molar-refractivity contribution in [2.45, 2.75) is 44.8 Å². The van der Waals surface area contributed by atoms with E-state index < -0.39 is 12.0 Å². The third kappa shape index (κ3) is 3.06. The molecule has 0 saturated carbocycles. The molecule has 6 heteroatoms. The summed E-state index contributed by atoms with van der Waals surface area (Å²) >= 11 is 0. The van der Waals surface area contributed by atoms with Crippen molar-refractivity contribution in [1.82, 2.24) is 9.80 Å². The van der Waals surface area contributed by atoms with Gasteiger partial charge >= 0.3 is 12.0 Å². The Hall–Kier alpha value is -1.30. The van der Waals surface area contributed by atoms with E-state index in [9.17, 15) is 14.7 Å². The van der Waals surface area contributed by atoms with Crippen molar-refractivity contribution in [3.05, 3.63) is 0 Å². The highest BCUT2D eigenvalue weighted by molar-refractivity contribution is 5.83. The number of carbonyl (C=O) groups is 2. The Morgan fingerprint density at radius 1 is 1.20 bits per heavy atom. The van der Waals surface area contributed by atoms with Crippen LogP contribution in [0.15, 0.2) is 0 Å². The second-order valence-electron chi connectivity index (χ2n) is 5.82. The topological polar surface area (TPSA) is 70.1 Å². The van der Waals surface area contributed by atoms with Crippen molar-refractivity contribution in [3.8, 4) is 0 Å². The number of ether oxygens (including phenoxy) is 1.